The van der Waals surface area contributed by atoms with Crippen molar-refractivity contribution < 1.29 is 9.47 Å². The van der Waals surface area contributed by atoms with Crippen molar-refractivity contribution in [2.24, 2.45) is 0 Å². The highest BCUT2D eigenvalue weighted by Gasteiger charge is 2.20. The number of ether oxygens (including phenoxy) is 2. The monoisotopic (exact) mass is 249 g/mol. The number of halogens is 1. The van der Waals surface area contributed by atoms with Crippen LogP contribution >= 0.6 is 11.6 Å². The maximum Gasteiger partial charge on any atom is 0.231 e. The molecule has 1 aliphatic heterocycles. The van der Waals surface area contributed by atoms with Gasteiger partial charge in [0.2, 0.25) is 6.79 Å². The van der Waals surface area contributed by atoms with Crippen LogP contribution in [0.25, 0.3) is 0 Å². The van der Waals surface area contributed by atoms with E-state index in [2.05, 4.69) is 15.3 Å². The summed E-state index contributed by atoms with van der Waals surface area (Å²) in [5, 5.41) is 3.63. The molecule has 0 aliphatic carbocycles. The fourth-order valence-electron chi connectivity index (χ4n) is 1.56. The zero-order chi connectivity index (χ0) is 11.7. The fraction of sp³-hybridized carbons (Fsp3) is 0.0909. The topological polar surface area (TPSA) is 56.3 Å². The average molecular weight is 250 g/mol. The number of nitrogens with zero attached hydrogens (tertiary/aromatic N) is 2. The van der Waals surface area contributed by atoms with Crippen molar-refractivity contribution in [3.8, 4) is 11.5 Å². The Labute approximate surface area is 102 Å². The van der Waals surface area contributed by atoms with Crippen LogP contribution < -0.4 is 14.8 Å². The molecule has 0 radical (unpaired) electrons. The van der Waals surface area contributed by atoms with Gasteiger partial charge in [-0.15, -0.1) is 0 Å². The minimum atomic E-state index is 0.203. The van der Waals surface area contributed by atoms with Gasteiger partial charge in [0, 0.05) is 6.20 Å². The second-order valence-corrected chi connectivity index (χ2v) is 3.78. The lowest BCUT2D eigenvalue weighted by Crippen LogP contribution is -1.97. The van der Waals surface area contributed by atoms with E-state index in [9.17, 15) is 0 Å². The van der Waals surface area contributed by atoms with Crippen molar-refractivity contribution in [1.82, 2.24) is 9.97 Å². The molecular formula is C11H8ClN3O2. The van der Waals surface area contributed by atoms with Gasteiger partial charge in [0.1, 0.15) is 17.8 Å². The van der Waals surface area contributed by atoms with Gasteiger partial charge in [-0.25, -0.2) is 9.97 Å². The summed E-state index contributed by atoms with van der Waals surface area (Å²) in [6.07, 6.45) is 3.10. The van der Waals surface area contributed by atoms with Crippen molar-refractivity contribution in [3.05, 3.63) is 35.7 Å². The normalized spacial score (nSPS) is 12.5. The van der Waals surface area contributed by atoms with Crippen molar-refractivity contribution >= 4 is 23.1 Å². The van der Waals surface area contributed by atoms with Crippen molar-refractivity contribution in [2.45, 2.75) is 0 Å². The van der Waals surface area contributed by atoms with Gasteiger partial charge in [-0.2, -0.15) is 0 Å². The zero-order valence-corrected chi connectivity index (χ0v) is 9.44. The Kier molecular flexibility index (Phi) is 2.45. The Balaban J connectivity index is 2.01. The van der Waals surface area contributed by atoms with Crippen molar-refractivity contribution in [1.29, 1.82) is 0 Å². The van der Waals surface area contributed by atoms with Gasteiger partial charge < -0.3 is 14.8 Å². The maximum atomic E-state index is 6.12. The first-order valence-corrected chi connectivity index (χ1v) is 5.33. The molecule has 5 nitrogen and oxygen atoms in total. The minimum Gasteiger partial charge on any atom is -0.454 e. The van der Waals surface area contributed by atoms with E-state index in [1.807, 2.05) is 0 Å². The molecule has 86 valence electrons. The summed E-state index contributed by atoms with van der Waals surface area (Å²) in [5.74, 6) is 1.92. The molecule has 1 N–H and O–H groups in total. The molecule has 2 aromatic rings. The highest BCUT2D eigenvalue weighted by molar-refractivity contribution is 6.33. The van der Waals surface area contributed by atoms with E-state index in [0.717, 1.165) is 0 Å². The molecule has 1 aromatic heterocycles. The molecule has 3 rings (SSSR count). The predicted octanol–water partition coefficient (Wildman–Crippen LogP) is 2.60. The van der Waals surface area contributed by atoms with Gasteiger partial charge in [0.15, 0.2) is 11.5 Å². The lowest BCUT2D eigenvalue weighted by Gasteiger charge is -2.09. The molecule has 0 saturated carbocycles. The summed E-state index contributed by atoms with van der Waals surface area (Å²) in [5.41, 5.74) is 0.653. The Morgan fingerprint density at radius 2 is 2.18 bits per heavy atom. The largest absolute Gasteiger partial charge is 0.454 e. The van der Waals surface area contributed by atoms with Crippen LogP contribution in [0.15, 0.2) is 30.7 Å². The molecule has 0 bridgehead atoms. The Bertz CT molecular complexity index is 548. The predicted molar refractivity (Wildman–Crippen MR) is 62.9 cm³/mol. The van der Waals surface area contributed by atoms with Gasteiger partial charge in [0.25, 0.3) is 0 Å². The fourth-order valence-corrected chi connectivity index (χ4v) is 1.75. The number of benzene rings is 1. The number of hydrogen-bond acceptors (Lipinski definition) is 5. The van der Waals surface area contributed by atoms with Crippen molar-refractivity contribution in [2.75, 3.05) is 12.1 Å². The quantitative estimate of drug-likeness (QED) is 0.887. The number of hydrogen-bond donors (Lipinski definition) is 1. The van der Waals surface area contributed by atoms with E-state index in [1.165, 1.54) is 6.33 Å². The number of anilines is 2. The zero-order valence-electron chi connectivity index (χ0n) is 8.68. The third-order valence-corrected chi connectivity index (χ3v) is 2.64. The van der Waals surface area contributed by atoms with E-state index in [0.29, 0.717) is 28.0 Å². The van der Waals surface area contributed by atoms with E-state index in [4.69, 9.17) is 21.1 Å². The van der Waals surface area contributed by atoms with Crippen LogP contribution in [-0.4, -0.2) is 16.8 Å². The Hall–Kier alpha value is -2.01. The number of rotatable bonds is 2. The van der Waals surface area contributed by atoms with Crippen LogP contribution in [0.5, 0.6) is 11.5 Å². The van der Waals surface area contributed by atoms with Crippen LogP contribution in [0.1, 0.15) is 0 Å². The van der Waals surface area contributed by atoms with E-state index in [1.54, 1.807) is 24.4 Å². The van der Waals surface area contributed by atoms with Crippen LogP contribution in [0, 0.1) is 0 Å². The van der Waals surface area contributed by atoms with Crippen LogP contribution in [0.3, 0.4) is 0 Å². The molecule has 0 unspecified atom stereocenters. The van der Waals surface area contributed by atoms with Crippen LogP contribution in [-0.2, 0) is 0 Å². The minimum absolute atomic E-state index is 0.203. The summed E-state index contributed by atoms with van der Waals surface area (Å²) in [7, 11) is 0. The van der Waals surface area contributed by atoms with Gasteiger partial charge in [-0.3, -0.25) is 0 Å². The summed E-state index contributed by atoms with van der Waals surface area (Å²) >= 11 is 6.12. The first-order valence-electron chi connectivity index (χ1n) is 4.96. The first kappa shape index (κ1) is 10.2. The Morgan fingerprint density at radius 3 is 3.00 bits per heavy atom. The Morgan fingerprint density at radius 1 is 1.24 bits per heavy atom. The van der Waals surface area contributed by atoms with E-state index >= 15 is 0 Å². The van der Waals surface area contributed by atoms with E-state index < -0.39 is 0 Å². The standard InChI is InChI=1S/C11H8ClN3O2/c12-7-1-2-8-11(17-6-16-8)10(7)15-9-3-4-13-5-14-9/h1-5H,6H2,(H,13,14,15). The molecule has 0 atom stereocenters. The summed E-state index contributed by atoms with van der Waals surface area (Å²) in [6.45, 7) is 0.203. The van der Waals surface area contributed by atoms with Gasteiger partial charge in [0.05, 0.1) is 5.02 Å². The van der Waals surface area contributed by atoms with Gasteiger partial charge in [-0.1, -0.05) is 11.6 Å². The van der Waals surface area contributed by atoms with E-state index in [-0.39, 0.29) is 6.79 Å². The number of aromatic nitrogens is 2. The molecule has 0 saturated heterocycles. The maximum absolute atomic E-state index is 6.12. The lowest BCUT2D eigenvalue weighted by atomic mass is 10.2. The van der Waals surface area contributed by atoms with Crippen LogP contribution in [0.4, 0.5) is 11.5 Å². The first-order chi connectivity index (χ1) is 8.34. The number of fused-ring (bicyclic) bond motifs is 1. The highest BCUT2D eigenvalue weighted by Crippen LogP contribution is 2.44. The SMILES string of the molecule is Clc1ccc2c(c1Nc1ccncn1)OCO2. The molecular weight excluding hydrogens is 242 g/mol. The smallest absolute Gasteiger partial charge is 0.231 e. The number of nitrogens with one attached hydrogen (secondary N) is 1. The summed E-state index contributed by atoms with van der Waals surface area (Å²) in [6, 6.07) is 5.26. The molecule has 0 spiro atoms. The second kappa shape index (κ2) is 4.10. The van der Waals surface area contributed by atoms with Gasteiger partial charge >= 0.3 is 0 Å². The summed E-state index contributed by atoms with van der Waals surface area (Å²) < 4.78 is 10.6. The van der Waals surface area contributed by atoms with Gasteiger partial charge in [-0.05, 0) is 18.2 Å². The molecule has 6 heteroatoms. The van der Waals surface area contributed by atoms with Crippen molar-refractivity contribution in [3.63, 3.8) is 0 Å². The molecule has 1 aromatic carbocycles. The van der Waals surface area contributed by atoms with Crippen LogP contribution in [0.2, 0.25) is 5.02 Å². The molecule has 17 heavy (non-hydrogen) atoms. The summed E-state index contributed by atoms with van der Waals surface area (Å²) in [4.78, 5) is 7.91. The second-order valence-electron chi connectivity index (χ2n) is 3.38. The molecule has 2 heterocycles. The molecule has 0 fully saturated rings. The third kappa shape index (κ3) is 1.85. The average Bonchev–Trinajstić information content (AvgIpc) is 2.83. The highest BCUT2D eigenvalue weighted by atomic mass is 35.5. The third-order valence-electron chi connectivity index (χ3n) is 2.32. The lowest BCUT2D eigenvalue weighted by molar-refractivity contribution is 0.174. The molecule has 0 amide bonds. The molecule has 1 aliphatic rings.